The van der Waals surface area contributed by atoms with Crippen LogP contribution in [0.4, 0.5) is 5.69 Å². The molecule has 0 unspecified atom stereocenters. The van der Waals surface area contributed by atoms with E-state index >= 15 is 0 Å². The maximum Gasteiger partial charge on any atom is 0.214 e. The van der Waals surface area contributed by atoms with E-state index in [-0.39, 0.29) is 29.5 Å². The van der Waals surface area contributed by atoms with Crippen molar-refractivity contribution in [2.45, 2.75) is 24.5 Å². The van der Waals surface area contributed by atoms with Crippen molar-refractivity contribution < 1.29 is 30.0 Å². The molecule has 0 spiro atoms. The number of Topliss-reactive ketones (excluding diaryl/α,β-unsaturated/α-hetero) is 1. The first kappa shape index (κ1) is 18.0. The normalized spacial score (nSPS) is 26.6. The molecule has 29 heavy (non-hydrogen) atoms. The maximum atomic E-state index is 12.9. The molecule has 5 rings (SSSR count). The highest BCUT2D eigenvalue weighted by atomic mass is 16.5. The van der Waals surface area contributed by atoms with Crippen LogP contribution in [0.3, 0.4) is 0 Å². The number of aliphatic imine (C=N–C) groups is 1. The van der Waals surface area contributed by atoms with Crippen LogP contribution in [0.5, 0.6) is 5.88 Å². The van der Waals surface area contributed by atoms with Gasteiger partial charge in [0.25, 0.3) is 0 Å². The van der Waals surface area contributed by atoms with E-state index in [1.54, 1.807) is 48.5 Å². The predicted octanol–water partition coefficient (Wildman–Crippen LogP) is 1.28. The quantitative estimate of drug-likeness (QED) is 0.519. The summed E-state index contributed by atoms with van der Waals surface area (Å²) >= 11 is 0. The number of fused-ring (bicyclic) bond motifs is 2. The van der Waals surface area contributed by atoms with Gasteiger partial charge in [-0.2, -0.15) is 0 Å². The molecule has 2 aliphatic heterocycles. The predicted molar refractivity (Wildman–Crippen MR) is 104 cm³/mol. The fraction of sp³-hybridized carbons (Fsp3) is 0.238. The number of ether oxygens (including phenoxy) is 1. The van der Waals surface area contributed by atoms with Crippen molar-refractivity contribution in [2.24, 2.45) is 4.99 Å². The molecular weight excluding hydrogens is 376 g/mol. The highest BCUT2D eigenvalue weighted by molar-refractivity contribution is 6.56. The average Bonchev–Trinajstić information content (AvgIpc) is 3.20. The summed E-state index contributed by atoms with van der Waals surface area (Å²) in [7, 11) is 0. The first-order chi connectivity index (χ1) is 14.0. The summed E-state index contributed by atoms with van der Waals surface area (Å²) in [5, 5.41) is 41.9. The Hall–Kier alpha value is -3.04. The van der Waals surface area contributed by atoms with Gasteiger partial charge in [0, 0.05) is 10.9 Å². The van der Waals surface area contributed by atoms with Crippen molar-refractivity contribution in [1.82, 2.24) is 4.57 Å². The lowest BCUT2D eigenvalue weighted by molar-refractivity contribution is -0.210. The van der Waals surface area contributed by atoms with Crippen LogP contribution in [0.2, 0.25) is 0 Å². The van der Waals surface area contributed by atoms with Crippen molar-refractivity contribution in [3.63, 3.8) is 0 Å². The second kappa shape index (κ2) is 6.50. The smallest absolute Gasteiger partial charge is 0.214 e. The highest BCUT2D eigenvalue weighted by Crippen LogP contribution is 2.40. The van der Waals surface area contributed by atoms with Crippen LogP contribution >= 0.6 is 0 Å². The maximum absolute atomic E-state index is 12.9. The second-order valence-corrected chi connectivity index (χ2v) is 7.16. The number of nitrogens with zero attached hydrogens (tertiary/aromatic N) is 2. The molecule has 0 aliphatic carbocycles. The summed E-state index contributed by atoms with van der Waals surface area (Å²) in [4.78, 5) is 17.4. The minimum absolute atomic E-state index is 0.101. The van der Waals surface area contributed by atoms with Crippen molar-refractivity contribution in [3.8, 4) is 5.88 Å². The molecule has 0 bridgehead atoms. The van der Waals surface area contributed by atoms with Crippen LogP contribution in [0.25, 0.3) is 10.9 Å². The van der Waals surface area contributed by atoms with E-state index in [9.17, 15) is 25.2 Å². The summed E-state index contributed by atoms with van der Waals surface area (Å²) in [5.41, 5.74) is 1.81. The Labute approximate surface area is 164 Å². The molecule has 4 atom stereocenters. The molecule has 2 aromatic carbocycles. The van der Waals surface area contributed by atoms with E-state index in [1.807, 2.05) is 0 Å². The molecule has 0 amide bonds. The Morgan fingerprint density at radius 1 is 1.00 bits per heavy atom. The summed E-state index contributed by atoms with van der Waals surface area (Å²) in [6, 6.07) is 13.9. The second-order valence-electron chi connectivity index (χ2n) is 7.16. The van der Waals surface area contributed by atoms with E-state index in [0.29, 0.717) is 22.2 Å². The van der Waals surface area contributed by atoms with Gasteiger partial charge in [-0.15, -0.1) is 0 Å². The lowest BCUT2D eigenvalue weighted by Crippen LogP contribution is -2.50. The number of rotatable bonds is 2. The van der Waals surface area contributed by atoms with Crippen molar-refractivity contribution >= 4 is 28.1 Å². The molecule has 0 radical (unpaired) electrons. The largest absolute Gasteiger partial charge is 0.494 e. The van der Waals surface area contributed by atoms with Gasteiger partial charge in [-0.3, -0.25) is 9.36 Å². The van der Waals surface area contributed by atoms with Crippen LogP contribution in [-0.4, -0.2) is 61.4 Å². The van der Waals surface area contributed by atoms with Gasteiger partial charge in [-0.25, -0.2) is 4.99 Å². The monoisotopic (exact) mass is 394 g/mol. The Balaban J connectivity index is 1.70. The van der Waals surface area contributed by atoms with Gasteiger partial charge in [0.2, 0.25) is 11.7 Å². The van der Waals surface area contributed by atoms with Crippen molar-refractivity contribution in [2.75, 3.05) is 6.61 Å². The zero-order chi connectivity index (χ0) is 20.3. The number of aromatic hydroxyl groups is 1. The highest BCUT2D eigenvalue weighted by Gasteiger charge is 2.41. The van der Waals surface area contributed by atoms with Gasteiger partial charge in [-0.1, -0.05) is 30.3 Å². The van der Waals surface area contributed by atoms with Crippen LogP contribution in [-0.2, 0) is 4.74 Å². The third-order valence-corrected chi connectivity index (χ3v) is 5.45. The van der Waals surface area contributed by atoms with Crippen molar-refractivity contribution in [1.29, 1.82) is 0 Å². The van der Waals surface area contributed by atoms with Gasteiger partial charge in [0.05, 0.1) is 23.4 Å². The number of benzene rings is 2. The number of para-hydroxylation sites is 2. The zero-order valence-electron chi connectivity index (χ0n) is 15.1. The number of hydrogen-bond donors (Lipinski definition) is 4. The van der Waals surface area contributed by atoms with E-state index in [4.69, 9.17) is 4.74 Å². The minimum Gasteiger partial charge on any atom is -0.494 e. The molecule has 1 saturated heterocycles. The average molecular weight is 394 g/mol. The van der Waals surface area contributed by atoms with Gasteiger partial charge in [0.15, 0.2) is 6.23 Å². The number of aromatic nitrogens is 1. The van der Waals surface area contributed by atoms with Gasteiger partial charge >= 0.3 is 0 Å². The fourth-order valence-corrected chi connectivity index (χ4v) is 3.99. The molecule has 0 saturated carbocycles. The molecule has 1 aromatic heterocycles. The zero-order valence-corrected chi connectivity index (χ0v) is 15.1. The van der Waals surface area contributed by atoms with Gasteiger partial charge < -0.3 is 25.2 Å². The molecule has 8 heteroatoms. The molecule has 2 aliphatic rings. The molecule has 148 valence electrons. The van der Waals surface area contributed by atoms with Crippen molar-refractivity contribution in [3.05, 3.63) is 59.7 Å². The lowest BCUT2D eigenvalue weighted by Gasteiger charge is -2.36. The number of hydrogen-bond acceptors (Lipinski definition) is 7. The number of aliphatic hydroxyl groups is 3. The topological polar surface area (TPSA) is 125 Å². The Bertz CT molecular complexity index is 1170. The SMILES string of the molecule is O=C1C(c2c(O)n([C@@H]3OC[C@@H](O)[C@@H](O)[C@H]3O)c3ccccc23)=Nc2ccccc21. The Morgan fingerprint density at radius 2 is 1.72 bits per heavy atom. The van der Waals surface area contributed by atoms with E-state index in [2.05, 4.69) is 4.99 Å². The summed E-state index contributed by atoms with van der Waals surface area (Å²) in [6.07, 6.45) is -5.30. The summed E-state index contributed by atoms with van der Waals surface area (Å²) in [6.45, 7) is -0.213. The third kappa shape index (κ3) is 2.54. The van der Waals surface area contributed by atoms with E-state index in [0.717, 1.165) is 0 Å². The third-order valence-electron chi connectivity index (χ3n) is 5.45. The minimum atomic E-state index is -1.48. The summed E-state index contributed by atoms with van der Waals surface area (Å²) < 4.78 is 6.85. The Kier molecular flexibility index (Phi) is 4.04. The van der Waals surface area contributed by atoms with Crippen LogP contribution in [0.1, 0.15) is 22.1 Å². The fourth-order valence-electron chi connectivity index (χ4n) is 3.99. The molecular formula is C21H18N2O6. The first-order valence-corrected chi connectivity index (χ1v) is 9.19. The van der Waals surface area contributed by atoms with Crippen LogP contribution < -0.4 is 0 Å². The molecule has 8 nitrogen and oxygen atoms in total. The molecule has 3 heterocycles. The van der Waals surface area contributed by atoms with Gasteiger partial charge in [-0.05, 0) is 18.2 Å². The van der Waals surface area contributed by atoms with Crippen LogP contribution in [0.15, 0.2) is 53.5 Å². The number of carbonyl (C=O) groups excluding carboxylic acids is 1. The van der Waals surface area contributed by atoms with E-state index in [1.165, 1.54) is 4.57 Å². The standard InChI is InChI=1S/C21H18N2O6/c24-14-9-29-21(19(27)18(14)26)23-13-8-4-2-6-11(13)15(20(23)28)16-17(25)10-5-1-3-7-12(10)22-16/h1-8,14,18-19,21,24,26-28H,9H2/t14-,18-,19-,21-/m1/s1. The number of aliphatic hydroxyl groups excluding tert-OH is 3. The Morgan fingerprint density at radius 3 is 2.52 bits per heavy atom. The van der Waals surface area contributed by atoms with Crippen LogP contribution in [0, 0.1) is 0 Å². The summed E-state index contributed by atoms with van der Waals surface area (Å²) in [5.74, 6) is -0.613. The number of ketones is 1. The van der Waals surface area contributed by atoms with E-state index < -0.39 is 24.5 Å². The first-order valence-electron chi connectivity index (χ1n) is 9.19. The lowest BCUT2D eigenvalue weighted by atomic mass is 10.0. The molecule has 1 fully saturated rings. The number of carbonyl (C=O) groups is 1. The van der Waals surface area contributed by atoms with Gasteiger partial charge in [0.1, 0.15) is 24.0 Å². The molecule has 4 N–H and O–H groups in total. The molecule has 3 aromatic rings.